The summed E-state index contributed by atoms with van der Waals surface area (Å²) in [6.45, 7) is 5.69. The van der Waals surface area contributed by atoms with Gasteiger partial charge >= 0.3 is 0 Å². The highest BCUT2D eigenvalue weighted by atomic mass is 16.5. The molecule has 2 aromatic rings. The van der Waals surface area contributed by atoms with Gasteiger partial charge in [-0.2, -0.15) is 4.98 Å². The Morgan fingerprint density at radius 3 is 2.67 bits per heavy atom. The van der Waals surface area contributed by atoms with Gasteiger partial charge in [0.05, 0.1) is 11.7 Å². The maximum absolute atomic E-state index is 12.7. The van der Waals surface area contributed by atoms with Crippen molar-refractivity contribution in [2.24, 2.45) is 5.92 Å². The van der Waals surface area contributed by atoms with Crippen LogP contribution in [0.3, 0.4) is 0 Å². The second-order valence-corrected chi connectivity index (χ2v) is 7.30. The molecule has 3 heterocycles. The van der Waals surface area contributed by atoms with E-state index >= 15 is 0 Å². The Morgan fingerprint density at radius 2 is 2.00 bits per heavy atom. The van der Waals surface area contributed by atoms with Gasteiger partial charge in [-0.25, -0.2) is 4.68 Å². The third-order valence-electron chi connectivity index (χ3n) is 5.49. The largest absolute Gasteiger partial charge is 0.381 e. The summed E-state index contributed by atoms with van der Waals surface area (Å²) in [6, 6.07) is 9.82. The molecule has 1 aromatic heterocycles. The van der Waals surface area contributed by atoms with Gasteiger partial charge < -0.3 is 4.74 Å². The maximum atomic E-state index is 12.7. The van der Waals surface area contributed by atoms with Gasteiger partial charge in [-0.3, -0.25) is 15.0 Å². The number of aromatic nitrogens is 3. The standard InChI is InChI=1S/C20H27N5O2/c1-2-18-21-20(23-25(18)16-6-4-3-5-7-16)22-19(26)17-8-11-24(17)14-15-9-12-27-13-10-15/h3-7,15,17H,2,8-14H2,1H3,(H,22,23,26)/t17-/m0/s1. The van der Waals surface area contributed by atoms with Crippen LogP contribution in [0.15, 0.2) is 30.3 Å². The third-order valence-corrected chi connectivity index (χ3v) is 5.49. The highest BCUT2D eigenvalue weighted by Gasteiger charge is 2.36. The highest BCUT2D eigenvalue weighted by Crippen LogP contribution is 2.24. The summed E-state index contributed by atoms with van der Waals surface area (Å²) >= 11 is 0. The predicted molar refractivity (Wildman–Crippen MR) is 103 cm³/mol. The summed E-state index contributed by atoms with van der Waals surface area (Å²) in [4.78, 5) is 19.5. The molecule has 7 nitrogen and oxygen atoms in total. The monoisotopic (exact) mass is 369 g/mol. The fourth-order valence-corrected chi connectivity index (χ4v) is 3.81. The van der Waals surface area contributed by atoms with Crippen LogP contribution in [-0.2, 0) is 16.0 Å². The second-order valence-electron chi connectivity index (χ2n) is 7.30. The predicted octanol–water partition coefficient (Wildman–Crippen LogP) is 2.27. The van der Waals surface area contributed by atoms with E-state index < -0.39 is 0 Å². The summed E-state index contributed by atoms with van der Waals surface area (Å²) in [7, 11) is 0. The number of likely N-dealkylation sites (tertiary alicyclic amines) is 1. The van der Waals surface area contributed by atoms with E-state index in [1.165, 1.54) is 0 Å². The molecule has 2 aliphatic heterocycles. The van der Waals surface area contributed by atoms with E-state index in [4.69, 9.17) is 4.74 Å². The minimum Gasteiger partial charge on any atom is -0.381 e. The summed E-state index contributed by atoms with van der Waals surface area (Å²) < 4.78 is 7.23. The molecule has 144 valence electrons. The third kappa shape index (κ3) is 4.04. The highest BCUT2D eigenvalue weighted by molar-refractivity contribution is 5.94. The van der Waals surface area contributed by atoms with Crippen molar-refractivity contribution in [1.29, 1.82) is 0 Å². The van der Waals surface area contributed by atoms with Crippen LogP contribution in [-0.4, -0.2) is 57.9 Å². The zero-order valence-corrected chi connectivity index (χ0v) is 15.8. The molecule has 27 heavy (non-hydrogen) atoms. The van der Waals surface area contributed by atoms with Gasteiger partial charge in [0.15, 0.2) is 0 Å². The van der Waals surface area contributed by atoms with Crippen molar-refractivity contribution in [1.82, 2.24) is 19.7 Å². The number of carbonyl (C=O) groups excluding carboxylic acids is 1. The molecule has 1 N–H and O–H groups in total. The number of amides is 1. The minimum absolute atomic E-state index is 0.00109. The Hall–Kier alpha value is -2.25. The normalized spacial score (nSPS) is 21.0. The number of nitrogens with one attached hydrogen (secondary N) is 1. The van der Waals surface area contributed by atoms with Gasteiger partial charge in [-0.1, -0.05) is 25.1 Å². The molecule has 0 aliphatic carbocycles. The lowest BCUT2D eigenvalue weighted by Gasteiger charge is -2.42. The fourth-order valence-electron chi connectivity index (χ4n) is 3.81. The first kappa shape index (κ1) is 18.1. The number of para-hydroxylation sites is 1. The van der Waals surface area contributed by atoms with Gasteiger partial charge in [0.25, 0.3) is 0 Å². The number of hydrogen-bond acceptors (Lipinski definition) is 5. The van der Waals surface area contributed by atoms with Gasteiger partial charge in [-0.15, -0.1) is 5.10 Å². The maximum Gasteiger partial charge on any atom is 0.249 e. The van der Waals surface area contributed by atoms with E-state index in [0.717, 1.165) is 63.5 Å². The number of rotatable bonds is 6. The van der Waals surface area contributed by atoms with Gasteiger partial charge in [0.2, 0.25) is 11.9 Å². The Morgan fingerprint density at radius 1 is 1.22 bits per heavy atom. The van der Waals surface area contributed by atoms with Crippen LogP contribution >= 0.6 is 0 Å². The van der Waals surface area contributed by atoms with Crippen LogP contribution in [0, 0.1) is 5.92 Å². The molecule has 0 bridgehead atoms. The molecule has 1 aromatic carbocycles. The van der Waals surface area contributed by atoms with Crippen molar-refractivity contribution in [2.75, 3.05) is 31.6 Å². The average molecular weight is 369 g/mol. The lowest BCUT2D eigenvalue weighted by atomic mass is 9.94. The van der Waals surface area contributed by atoms with Crippen molar-refractivity contribution in [3.63, 3.8) is 0 Å². The number of nitrogens with zero attached hydrogens (tertiary/aromatic N) is 4. The van der Waals surface area contributed by atoms with Crippen LogP contribution in [0.4, 0.5) is 5.95 Å². The van der Waals surface area contributed by atoms with Crippen molar-refractivity contribution < 1.29 is 9.53 Å². The Bertz CT molecular complexity index is 770. The minimum atomic E-state index is -0.0680. The quantitative estimate of drug-likeness (QED) is 0.846. The number of ether oxygens (including phenoxy) is 1. The molecule has 0 saturated carbocycles. The molecule has 2 fully saturated rings. The fraction of sp³-hybridized carbons (Fsp3) is 0.550. The first-order valence-electron chi connectivity index (χ1n) is 9.88. The Labute approximate surface area is 159 Å². The number of carbonyl (C=O) groups is 1. The number of benzene rings is 1. The van der Waals surface area contributed by atoms with Crippen LogP contribution in [0.5, 0.6) is 0 Å². The van der Waals surface area contributed by atoms with E-state index in [9.17, 15) is 4.79 Å². The van der Waals surface area contributed by atoms with Crippen LogP contribution < -0.4 is 5.32 Å². The van der Waals surface area contributed by atoms with Crippen molar-refractivity contribution >= 4 is 11.9 Å². The molecule has 0 spiro atoms. The molecule has 4 rings (SSSR count). The van der Waals surface area contributed by atoms with Gasteiger partial charge in [0, 0.05) is 32.7 Å². The second kappa shape index (κ2) is 8.19. The number of aryl methyl sites for hydroxylation is 1. The van der Waals surface area contributed by atoms with E-state index in [1.54, 1.807) is 4.68 Å². The molecule has 1 atom stereocenters. The summed E-state index contributed by atoms with van der Waals surface area (Å²) in [5.74, 6) is 1.86. The number of anilines is 1. The molecule has 2 aliphatic rings. The summed E-state index contributed by atoms with van der Waals surface area (Å²) in [6.07, 6.45) is 3.83. The Kier molecular flexibility index (Phi) is 5.50. The van der Waals surface area contributed by atoms with Gasteiger partial charge in [0.1, 0.15) is 5.82 Å². The molecule has 0 unspecified atom stereocenters. The van der Waals surface area contributed by atoms with Crippen molar-refractivity contribution in [2.45, 2.75) is 38.6 Å². The van der Waals surface area contributed by atoms with Gasteiger partial charge in [-0.05, 0) is 37.3 Å². The average Bonchev–Trinajstić information content (AvgIpc) is 3.09. The van der Waals surface area contributed by atoms with Crippen molar-refractivity contribution in [3.8, 4) is 5.69 Å². The topological polar surface area (TPSA) is 72.3 Å². The molecule has 2 saturated heterocycles. The van der Waals surface area contributed by atoms with E-state index in [1.807, 2.05) is 37.3 Å². The van der Waals surface area contributed by atoms with Crippen molar-refractivity contribution in [3.05, 3.63) is 36.2 Å². The molecule has 7 heteroatoms. The summed E-state index contributed by atoms with van der Waals surface area (Å²) in [5, 5.41) is 7.44. The number of hydrogen-bond donors (Lipinski definition) is 1. The zero-order valence-electron chi connectivity index (χ0n) is 15.8. The van der Waals surface area contributed by atoms with Crippen LogP contribution in [0.2, 0.25) is 0 Å². The molecule has 0 radical (unpaired) electrons. The SMILES string of the molecule is CCc1nc(NC(=O)[C@@H]2CCN2CC2CCOCC2)nn1-c1ccccc1. The smallest absolute Gasteiger partial charge is 0.249 e. The van der Waals surface area contributed by atoms with E-state index in [-0.39, 0.29) is 11.9 Å². The zero-order chi connectivity index (χ0) is 18.6. The molecule has 1 amide bonds. The lowest BCUT2D eigenvalue weighted by molar-refractivity contribution is -0.126. The van der Waals surface area contributed by atoms with Crippen LogP contribution in [0.1, 0.15) is 32.0 Å². The van der Waals surface area contributed by atoms with Crippen LogP contribution in [0.25, 0.3) is 5.69 Å². The lowest BCUT2D eigenvalue weighted by Crippen LogP contribution is -2.56. The Balaban J connectivity index is 1.40. The van der Waals surface area contributed by atoms with E-state index in [0.29, 0.717) is 11.9 Å². The first-order chi connectivity index (χ1) is 13.2. The molecular formula is C20H27N5O2. The van der Waals surface area contributed by atoms with E-state index in [2.05, 4.69) is 20.3 Å². The summed E-state index contributed by atoms with van der Waals surface area (Å²) in [5.41, 5.74) is 0.951. The molecular weight excluding hydrogens is 342 g/mol. The first-order valence-corrected chi connectivity index (χ1v) is 9.88.